The van der Waals surface area contributed by atoms with Crippen LogP contribution in [0.1, 0.15) is 44.7 Å². The van der Waals surface area contributed by atoms with Crippen LogP contribution in [-0.2, 0) is 0 Å². The fourth-order valence-electron chi connectivity index (χ4n) is 1.65. The van der Waals surface area contributed by atoms with Gasteiger partial charge in [0, 0.05) is 5.92 Å². The molecule has 1 nitrogen and oxygen atoms in total. The van der Waals surface area contributed by atoms with Crippen LogP contribution in [0.2, 0.25) is 0 Å². The molecule has 87 valence electrons. The lowest BCUT2D eigenvalue weighted by Gasteiger charge is -2.16. The van der Waals surface area contributed by atoms with Gasteiger partial charge in [-0.2, -0.15) is 0 Å². The highest BCUT2D eigenvalue weighted by atomic mass is 16.5. The first kappa shape index (κ1) is 12.8. The molecular formula is C15H21O. The number of hydrogen-bond acceptors (Lipinski definition) is 1. The van der Waals surface area contributed by atoms with Crippen LogP contribution < -0.4 is 4.74 Å². The molecule has 0 aliphatic carbocycles. The van der Waals surface area contributed by atoms with Crippen LogP contribution in [0.4, 0.5) is 0 Å². The molecule has 0 saturated carbocycles. The molecule has 1 aromatic carbocycles. The molecule has 1 radical (unpaired) electrons. The highest BCUT2D eigenvalue weighted by molar-refractivity contribution is 5.46. The van der Waals surface area contributed by atoms with Crippen molar-refractivity contribution < 1.29 is 4.74 Å². The largest absolute Gasteiger partial charge is 0.494 e. The topological polar surface area (TPSA) is 9.23 Å². The van der Waals surface area contributed by atoms with Gasteiger partial charge in [0.2, 0.25) is 0 Å². The number of benzene rings is 1. The molecule has 1 rings (SSSR count). The molecule has 0 aliphatic rings. The summed E-state index contributed by atoms with van der Waals surface area (Å²) >= 11 is 0. The van der Waals surface area contributed by atoms with Crippen LogP contribution in [0.5, 0.6) is 5.75 Å². The van der Waals surface area contributed by atoms with E-state index in [9.17, 15) is 0 Å². The van der Waals surface area contributed by atoms with E-state index < -0.39 is 0 Å². The Morgan fingerprint density at radius 3 is 2.62 bits per heavy atom. The fourth-order valence-corrected chi connectivity index (χ4v) is 1.65. The van der Waals surface area contributed by atoms with Crippen LogP contribution in [0.25, 0.3) is 0 Å². The minimum atomic E-state index is 0.486. The molecule has 0 aromatic heterocycles. The second-order valence-electron chi connectivity index (χ2n) is 4.23. The van der Waals surface area contributed by atoms with Crippen molar-refractivity contribution in [3.63, 3.8) is 0 Å². The summed E-state index contributed by atoms with van der Waals surface area (Å²) in [6.45, 7) is 12.9. The second-order valence-corrected chi connectivity index (χ2v) is 4.23. The Bertz CT molecular complexity index is 352. The van der Waals surface area contributed by atoms with Crippen molar-refractivity contribution in [1.29, 1.82) is 0 Å². The smallest absolute Gasteiger partial charge is 0.123 e. The fraction of sp³-hybridized carbons (Fsp3) is 0.400. The van der Waals surface area contributed by atoms with E-state index in [4.69, 9.17) is 4.74 Å². The van der Waals surface area contributed by atoms with Gasteiger partial charge in [0.1, 0.15) is 5.75 Å². The molecule has 0 bridgehead atoms. The summed E-state index contributed by atoms with van der Waals surface area (Å²) in [5, 5.41) is 0. The number of rotatable bonds is 5. The van der Waals surface area contributed by atoms with E-state index in [1.165, 1.54) is 17.0 Å². The van der Waals surface area contributed by atoms with Crippen LogP contribution in [0, 0.1) is 5.92 Å². The lowest BCUT2D eigenvalue weighted by molar-refractivity contribution is 0.335. The summed E-state index contributed by atoms with van der Waals surface area (Å²) in [6.07, 6.45) is 1.88. The SMILES string of the molecule is C=C[C](C)c1ccc(C(C)C)c(OCC)c1. The van der Waals surface area contributed by atoms with Gasteiger partial charge < -0.3 is 4.74 Å². The maximum Gasteiger partial charge on any atom is 0.123 e. The van der Waals surface area contributed by atoms with E-state index in [0.717, 1.165) is 5.75 Å². The molecule has 0 heterocycles. The maximum absolute atomic E-state index is 5.69. The van der Waals surface area contributed by atoms with Crippen molar-refractivity contribution in [3.8, 4) is 5.75 Å². The van der Waals surface area contributed by atoms with Crippen molar-refractivity contribution in [2.45, 2.75) is 33.6 Å². The van der Waals surface area contributed by atoms with Crippen molar-refractivity contribution >= 4 is 0 Å². The molecule has 0 atom stereocenters. The van der Waals surface area contributed by atoms with Gasteiger partial charge in [-0.15, -0.1) is 6.58 Å². The number of ether oxygens (including phenoxy) is 1. The Hall–Kier alpha value is -1.24. The third-order valence-electron chi connectivity index (χ3n) is 2.70. The second kappa shape index (κ2) is 5.74. The third-order valence-corrected chi connectivity index (χ3v) is 2.70. The van der Waals surface area contributed by atoms with Gasteiger partial charge in [0.05, 0.1) is 6.61 Å². The minimum absolute atomic E-state index is 0.486. The van der Waals surface area contributed by atoms with Gasteiger partial charge in [-0.1, -0.05) is 39.0 Å². The summed E-state index contributed by atoms with van der Waals surface area (Å²) in [7, 11) is 0. The van der Waals surface area contributed by atoms with Crippen LogP contribution in [-0.4, -0.2) is 6.61 Å². The predicted octanol–water partition coefficient (Wildman–Crippen LogP) is 4.34. The van der Waals surface area contributed by atoms with Gasteiger partial charge in [0.15, 0.2) is 0 Å². The van der Waals surface area contributed by atoms with E-state index in [1.54, 1.807) is 0 Å². The summed E-state index contributed by atoms with van der Waals surface area (Å²) in [5.41, 5.74) is 2.45. The van der Waals surface area contributed by atoms with E-state index in [1.807, 2.05) is 13.0 Å². The van der Waals surface area contributed by atoms with Crippen molar-refractivity contribution in [2.75, 3.05) is 6.61 Å². The molecular weight excluding hydrogens is 196 g/mol. The lowest BCUT2D eigenvalue weighted by atomic mass is 9.95. The Morgan fingerprint density at radius 1 is 1.44 bits per heavy atom. The first-order valence-electron chi connectivity index (χ1n) is 5.83. The van der Waals surface area contributed by atoms with Crippen LogP contribution in [0.15, 0.2) is 30.9 Å². The Labute approximate surface area is 99.1 Å². The highest BCUT2D eigenvalue weighted by Gasteiger charge is 2.10. The van der Waals surface area contributed by atoms with E-state index in [-0.39, 0.29) is 0 Å². The standard InChI is InChI=1S/C15H21O/c1-6-12(5)13-8-9-14(11(3)4)15(10-13)16-7-2/h6,8-11H,1,7H2,2-5H3. The van der Waals surface area contributed by atoms with Crippen molar-refractivity contribution in [2.24, 2.45) is 0 Å². The first-order chi connectivity index (χ1) is 7.60. The summed E-state index contributed by atoms with van der Waals surface area (Å²) < 4.78 is 5.69. The Balaban J connectivity index is 3.11. The van der Waals surface area contributed by atoms with Crippen molar-refractivity contribution in [3.05, 3.63) is 47.9 Å². The average Bonchev–Trinajstić information content (AvgIpc) is 2.28. The van der Waals surface area contributed by atoms with Crippen LogP contribution >= 0.6 is 0 Å². The van der Waals surface area contributed by atoms with Gasteiger partial charge in [-0.25, -0.2) is 0 Å². The predicted molar refractivity (Wildman–Crippen MR) is 69.9 cm³/mol. The number of allylic oxidation sites excluding steroid dienone is 1. The normalized spacial score (nSPS) is 10.9. The minimum Gasteiger partial charge on any atom is -0.494 e. The van der Waals surface area contributed by atoms with Gasteiger partial charge in [-0.3, -0.25) is 0 Å². The lowest BCUT2D eigenvalue weighted by Crippen LogP contribution is -2.00. The zero-order valence-electron chi connectivity index (χ0n) is 10.7. The van der Waals surface area contributed by atoms with E-state index in [0.29, 0.717) is 12.5 Å². The molecule has 0 fully saturated rings. The van der Waals surface area contributed by atoms with Gasteiger partial charge in [-0.05, 0) is 30.0 Å². The molecule has 1 aromatic rings. The zero-order chi connectivity index (χ0) is 12.1. The molecule has 0 aliphatic heterocycles. The molecule has 0 spiro atoms. The third kappa shape index (κ3) is 2.88. The van der Waals surface area contributed by atoms with Gasteiger partial charge in [0.25, 0.3) is 0 Å². The van der Waals surface area contributed by atoms with Gasteiger partial charge >= 0.3 is 0 Å². The monoisotopic (exact) mass is 217 g/mol. The Morgan fingerprint density at radius 2 is 2.12 bits per heavy atom. The van der Waals surface area contributed by atoms with E-state index >= 15 is 0 Å². The quantitative estimate of drug-likeness (QED) is 0.713. The maximum atomic E-state index is 5.69. The van der Waals surface area contributed by atoms with Crippen molar-refractivity contribution in [1.82, 2.24) is 0 Å². The van der Waals surface area contributed by atoms with E-state index in [2.05, 4.69) is 45.5 Å². The highest BCUT2D eigenvalue weighted by Crippen LogP contribution is 2.30. The Kier molecular flexibility index (Phi) is 4.60. The summed E-state index contributed by atoms with van der Waals surface area (Å²) in [4.78, 5) is 0. The summed E-state index contributed by atoms with van der Waals surface area (Å²) in [6, 6.07) is 6.39. The molecule has 0 unspecified atom stereocenters. The zero-order valence-corrected chi connectivity index (χ0v) is 10.7. The van der Waals surface area contributed by atoms with Crippen LogP contribution in [0.3, 0.4) is 0 Å². The molecule has 0 saturated heterocycles. The molecule has 0 N–H and O–H groups in total. The number of hydrogen-bond donors (Lipinski definition) is 0. The first-order valence-corrected chi connectivity index (χ1v) is 5.83. The molecule has 1 heteroatoms. The molecule has 0 amide bonds. The molecule has 16 heavy (non-hydrogen) atoms. The average molecular weight is 217 g/mol. The summed E-state index contributed by atoms with van der Waals surface area (Å²) in [5.74, 6) is 2.66.